The van der Waals surface area contributed by atoms with Crippen LogP contribution in [-0.2, 0) is 4.74 Å². The van der Waals surface area contributed by atoms with Crippen molar-refractivity contribution < 1.29 is 4.74 Å². The van der Waals surface area contributed by atoms with Crippen LogP contribution in [0.4, 0.5) is 0 Å². The van der Waals surface area contributed by atoms with Gasteiger partial charge in [-0.25, -0.2) is 0 Å². The molecule has 1 unspecified atom stereocenters. The van der Waals surface area contributed by atoms with E-state index in [9.17, 15) is 0 Å². The highest BCUT2D eigenvalue weighted by molar-refractivity contribution is 4.98. The molecule has 0 aliphatic carbocycles. The zero-order valence-corrected chi connectivity index (χ0v) is 10.9. The summed E-state index contributed by atoms with van der Waals surface area (Å²) in [5.74, 6) is 0. The normalized spacial score (nSPS) is 21.6. The molecule has 0 aromatic carbocycles. The fourth-order valence-corrected chi connectivity index (χ4v) is 2.18. The zero-order chi connectivity index (χ0) is 11.6. The summed E-state index contributed by atoms with van der Waals surface area (Å²) in [6, 6.07) is 0. The average molecular weight is 225 g/mol. The first kappa shape index (κ1) is 13.7. The number of rotatable bonds is 8. The number of ether oxygens (including phenoxy) is 1. The van der Waals surface area contributed by atoms with E-state index in [1.54, 1.807) is 0 Å². The third kappa shape index (κ3) is 6.29. The summed E-state index contributed by atoms with van der Waals surface area (Å²) in [6.07, 6.45) is 10.4. The predicted molar refractivity (Wildman–Crippen MR) is 69.7 cm³/mol. The molecular weight excluding hydrogens is 198 g/mol. The lowest BCUT2D eigenvalue weighted by molar-refractivity contribution is 0.102. The molecule has 0 saturated carbocycles. The van der Waals surface area contributed by atoms with Crippen LogP contribution in [0.1, 0.15) is 52.4 Å². The molecule has 94 valence electrons. The van der Waals surface area contributed by atoms with Gasteiger partial charge in [0.1, 0.15) is 0 Å². The summed E-state index contributed by atoms with van der Waals surface area (Å²) in [6.45, 7) is 7.58. The Kier molecular flexibility index (Phi) is 7.52. The van der Waals surface area contributed by atoms with Gasteiger partial charge < -0.3 is 10.1 Å². The largest absolute Gasteiger partial charge is 0.378 e. The maximum absolute atomic E-state index is 5.62. The van der Waals surface area contributed by atoms with E-state index in [1.807, 2.05) is 0 Å². The quantitative estimate of drug-likeness (QED) is 0.505. The first-order chi connectivity index (χ1) is 7.83. The molecule has 1 rings (SSSR count). The minimum atomic E-state index is 0.564. The maximum atomic E-state index is 5.62. The topological polar surface area (TPSA) is 21.3 Å². The van der Waals surface area contributed by atoms with Crippen molar-refractivity contribution in [3.63, 3.8) is 0 Å². The maximum Gasteiger partial charge on any atom is 0.0576 e. The Bertz CT molecular complexity index is 195. The van der Waals surface area contributed by atoms with Gasteiger partial charge in [0, 0.05) is 6.61 Å². The highest BCUT2D eigenvalue weighted by Crippen LogP contribution is 2.19. The van der Waals surface area contributed by atoms with Gasteiger partial charge in [0.2, 0.25) is 0 Å². The van der Waals surface area contributed by atoms with Gasteiger partial charge in [-0.3, -0.25) is 0 Å². The Morgan fingerprint density at radius 1 is 1.50 bits per heavy atom. The number of hydrogen-bond donors (Lipinski definition) is 1. The van der Waals surface area contributed by atoms with Gasteiger partial charge in [0.05, 0.1) is 6.10 Å². The van der Waals surface area contributed by atoms with Crippen molar-refractivity contribution in [2.45, 2.75) is 58.5 Å². The fourth-order valence-electron chi connectivity index (χ4n) is 2.18. The second-order valence-electron chi connectivity index (χ2n) is 4.72. The van der Waals surface area contributed by atoms with Crippen LogP contribution < -0.4 is 5.32 Å². The standard InChI is InChI=1S/C14H27NO/c1-3-15-11-5-8-13(2)7-4-9-14-10-6-12-16-14/h8,14-15H,3-7,9-12H2,1-2H3. The number of allylic oxidation sites excluding steroid dienone is 1. The summed E-state index contributed by atoms with van der Waals surface area (Å²) >= 11 is 0. The van der Waals surface area contributed by atoms with Gasteiger partial charge in [-0.2, -0.15) is 0 Å². The third-order valence-corrected chi connectivity index (χ3v) is 3.19. The van der Waals surface area contributed by atoms with Crippen LogP contribution in [-0.4, -0.2) is 25.8 Å². The summed E-state index contributed by atoms with van der Waals surface area (Å²) < 4.78 is 5.62. The molecule has 0 aromatic heterocycles. The van der Waals surface area contributed by atoms with Crippen molar-refractivity contribution in [3.05, 3.63) is 11.6 Å². The lowest BCUT2D eigenvalue weighted by Crippen LogP contribution is -2.13. The fraction of sp³-hybridized carbons (Fsp3) is 0.857. The molecule has 0 amide bonds. The van der Waals surface area contributed by atoms with Gasteiger partial charge in [-0.1, -0.05) is 18.6 Å². The Balaban J connectivity index is 1.97. The van der Waals surface area contributed by atoms with E-state index < -0.39 is 0 Å². The van der Waals surface area contributed by atoms with Crippen molar-refractivity contribution in [1.29, 1.82) is 0 Å². The first-order valence-electron chi connectivity index (χ1n) is 6.81. The van der Waals surface area contributed by atoms with E-state index in [1.165, 1.54) is 44.1 Å². The second-order valence-corrected chi connectivity index (χ2v) is 4.72. The van der Waals surface area contributed by atoms with E-state index in [0.29, 0.717) is 6.10 Å². The van der Waals surface area contributed by atoms with Crippen molar-refractivity contribution in [3.8, 4) is 0 Å². The highest BCUT2D eigenvalue weighted by Gasteiger charge is 2.14. The molecule has 1 heterocycles. The van der Waals surface area contributed by atoms with Gasteiger partial charge in [-0.15, -0.1) is 0 Å². The van der Waals surface area contributed by atoms with Crippen LogP contribution >= 0.6 is 0 Å². The van der Waals surface area contributed by atoms with E-state index in [4.69, 9.17) is 4.74 Å². The molecule has 2 heteroatoms. The van der Waals surface area contributed by atoms with Crippen molar-refractivity contribution in [2.75, 3.05) is 19.7 Å². The predicted octanol–water partition coefficient (Wildman–Crippen LogP) is 3.28. The molecule has 1 saturated heterocycles. The third-order valence-electron chi connectivity index (χ3n) is 3.19. The minimum Gasteiger partial charge on any atom is -0.378 e. The molecule has 1 aliphatic rings. The minimum absolute atomic E-state index is 0.564. The SMILES string of the molecule is CCNCCC=C(C)CCCC1CCCO1. The molecule has 1 aliphatic heterocycles. The molecular formula is C14H27NO. The smallest absolute Gasteiger partial charge is 0.0576 e. The molecule has 1 fully saturated rings. The molecule has 0 radical (unpaired) electrons. The van der Waals surface area contributed by atoms with E-state index >= 15 is 0 Å². The van der Waals surface area contributed by atoms with Crippen LogP contribution in [0.15, 0.2) is 11.6 Å². The Labute approximate surface area is 100 Å². The second kappa shape index (κ2) is 8.77. The Hall–Kier alpha value is -0.340. The van der Waals surface area contributed by atoms with Gasteiger partial charge in [0.15, 0.2) is 0 Å². The highest BCUT2D eigenvalue weighted by atomic mass is 16.5. The molecule has 0 spiro atoms. The molecule has 1 atom stereocenters. The monoisotopic (exact) mass is 225 g/mol. The number of hydrogen-bond acceptors (Lipinski definition) is 2. The van der Waals surface area contributed by atoms with Gasteiger partial charge in [-0.05, 0) is 58.5 Å². The van der Waals surface area contributed by atoms with E-state index in [2.05, 4.69) is 25.2 Å². The molecule has 16 heavy (non-hydrogen) atoms. The molecule has 0 aromatic rings. The first-order valence-corrected chi connectivity index (χ1v) is 6.81. The summed E-state index contributed by atoms with van der Waals surface area (Å²) in [4.78, 5) is 0. The lowest BCUT2D eigenvalue weighted by atomic mass is 10.0. The van der Waals surface area contributed by atoms with Crippen molar-refractivity contribution in [1.82, 2.24) is 5.32 Å². The van der Waals surface area contributed by atoms with E-state index in [-0.39, 0.29) is 0 Å². The summed E-state index contributed by atoms with van der Waals surface area (Å²) in [5, 5.41) is 3.34. The zero-order valence-electron chi connectivity index (χ0n) is 10.9. The van der Waals surface area contributed by atoms with Gasteiger partial charge >= 0.3 is 0 Å². The van der Waals surface area contributed by atoms with Crippen LogP contribution in [0, 0.1) is 0 Å². The molecule has 1 N–H and O–H groups in total. The average Bonchev–Trinajstić information content (AvgIpc) is 2.77. The summed E-state index contributed by atoms with van der Waals surface area (Å²) in [7, 11) is 0. The van der Waals surface area contributed by atoms with Crippen LogP contribution in [0.2, 0.25) is 0 Å². The number of nitrogens with one attached hydrogen (secondary N) is 1. The Morgan fingerprint density at radius 3 is 3.06 bits per heavy atom. The van der Waals surface area contributed by atoms with Gasteiger partial charge in [0.25, 0.3) is 0 Å². The molecule has 0 bridgehead atoms. The van der Waals surface area contributed by atoms with Crippen LogP contribution in [0.3, 0.4) is 0 Å². The van der Waals surface area contributed by atoms with Crippen LogP contribution in [0.25, 0.3) is 0 Å². The van der Waals surface area contributed by atoms with Crippen LogP contribution in [0.5, 0.6) is 0 Å². The van der Waals surface area contributed by atoms with Crippen molar-refractivity contribution >= 4 is 0 Å². The lowest BCUT2D eigenvalue weighted by Gasteiger charge is -2.08. The molecule has 2 nitrogen and oxygen atoms in total. The Morgan fingerprint density at radius 2 is 2.38 bits per heavy atom. The van der Waals surface area contributed by atoms with E-state index in [0.717, 1.165) is 19.7 Å². The van der Waals surface area contributed by atoms with Crippen molar-refractivity contribution in [2.24, 2.45) is 0 Å². The summed E-state index contributed by atoms with van der Waals surface area (Å²) in [5.41, 5.74) is 1.54.